The second-order valence-electron chi connectivity index (χ2n) is 4.95. The van der Waals surface area contributed by atoms with Crippen molar-refractivity contribution in [3.05, 3.63) is 0 Å². The molecule has 2 rings (SSSR count). The summed E-state index contributed by atoms with van der Waals surface area (Å²) < 4.78 is 1.11. The summed E-state index contributed by atoms with van der Waals surface area (Å²) in [5.41, 5.74) is 0. The molecule has 0 amide bonds. The number of nitrogens with zero attached hydrogens (tertiary/aromatic N) is 3. The Balaban J connectivity index is 1.79. The van der Waals surface area contributed by atoms with Crippen molar-refractivity contribution < 1.29 is 0 Å². The molecule has 0 bridgehead atoms. The van der Waals surface area contributed by atoms with Gasteiger partial charge in [-0.05, 0) is 32.2 Å². The number of nitrogens with one attached hydrogen (secondary N) is 1. The third-order valence-electron chi connectivity index (χ3n) is 3.11. The highest BCUT2D eigenvalue weighted by Gasteiger charge is 2.26. The fourth-order valence-electron chi connectivity index (χ4n) is 2.15. The summed E-state index contributed by atoms with van der Waals surface area (Å²) in [6.07, 6.45) is 5.08. The van der Waals surface area contributed by atoms with E-state index in [2.05, 4.69) is 22.4 Å². The van der Waals surface area contributed by atoms with Crippen molar-refractivity contribution in [1.82, 2.24) is 15.5 Å². The zero-order valence-electron chi connectivity index (χ0n) is 11.3. The van der Waals surface area contributed by atoms with Crippen molar-refractivity contribution in [3.63, 3.8) is 0 Å². The summed E-state index contributed by atoms with van der Waals surface area (Å²) in [4.78, 5) is 2.02. The molecule has 1 fully saturated rings. The standard InChI is InChI=1S/C12H22N4S2/c1-4-7-13-9-5-6-10(8-9)17-12-15-14-11(18-12)16(2)3/h9-10,13H,4-8H2,1-3H3. The molecule has 1 aromatic rings. The van der Waals surface area contributed by atoms with E-state index in [0.29, 0.717) is 11.3 Å². The van der Waals surface area contributed by atoms with Crippen LogP contribution in [-0.2, 0) is 0 Å². The highest BCUT2D eigenvalue weighted by molar-refractivity contribution is 8.01. The summed E-state index contributed by atoms with van der Waals surface area (Å²) in [5, 5.41) is 13.8. The van der Waals surface area contributed by atoms with Gasteiger partial charge in [-0.25, -0.2) is 0 Å². The molecule has 1 N–H and O–H groups in total. The minimum atomic E-state index is 0.710. The number of thioether (sulfide) groups is 1. The Morgan fingerprint density at radius 2 is 2.22 bits per heavy atom. The van der Waals surface area contributed by atoms with Gasteiger partial charge in [0.05, 0.1) is 0 Å². The van der Waals surface area contributed by atoms with Gasteiger partial charge in [-0.1, -0.05) is 30.0 Å². The van der Waals surface area contributed by atoms with Gasteiger partial charge in [-0.3, -0.25) is 0 Å². The summed E-state index contributed by atoms with van der Waals surface area (Å²) in [6, 6.07) is 0.712. The van der Waals surface area contributed by atoms with Crippen LogP contribution in [0.2, 0.25) is 0 Å². The Morgan fingerprint density at radius 1 is 1.39 bits per heavy atom. The molecule has 6 heteroatoms. The predicted octanol–water partition coefficient (Wildman–Crippen LogP) is 2.62. The van der Waals surface area contributed by atoms with Crippen LogP contribution < -0.4 is 10.2 Å². The SMILES string of the molecule is CCCNC1CCC(Sc2nnc(N(C)C)s2)C1. The van der Waals surface area contributed by atoms with Crippen LogP contribution in [0.25, 0.3) is 0 Å². The van der Waals surface area contributed by atoms with Gasteiger partial charge in [0, 0.05) is 25.4 Å². The zero-order chi connectivity index (χ0) is 13.0. The molecule has 0 spiro atoms. The summed E-state index contributed by atoms with van der Waals surface area (Å²) >= 11 is 3.60. The highest BCUT2D eigenvalue weighted by atomic mass is 32.2. The largest absolute Gasteiger partial charge is 0.353 e. The number of aromatic nitrogens is 2. The minimum Gasteiger partial charge on any atom is -0.353 e. The van der Waals surface area contributed by atoms with Gasteiger partial charge in [0.25, 0.3) is 0 Å². The van der Waals surface area contributed by atoms with Crippen molar-refractivity contribution in [1.29, 1.82) is 0 Å². The Kier molecular flexibility index (Phi) is 5.26. The lowest BCUT2D eigenvalue weighted by molar-refractivity contribution is 0.524. The third kappa shape index (κ3) is 3.83. The smallest absolute Gasteiger partial charge is 0.208 e. The molecule has 0 saturated heterocycles. The van der Waals surface area contributed by atoms with Crippen molar-refractivity contribution in [2.45, 2.75) is 48.2 Å². The van der Waals surface area contributed by atoms with E-state index in [1.165, 1.54) is 25.7 Å². The Morgan fingerprint density at radius 3 is 2.89 bits per heavy atom. The van der Waals surface area contributed by atoms with Gasteiger partial charge in [0.1, 0.15) is 0 Å². The van der Waals surface area contributed by atoms with E-state index < -0.39 is 0 Å². The lowest BCUT2D eigenvalue weighted by atomic mass is 10.2. The second kappa shape index (κ2) is 6.73. The topological polar surface area (TPSA) is 41.1 Å². The monoisotopic (exact) mass is 286 g/mol. The highest BCUT2D eigenvalue weighted by Crippen LogP contribution is 2.37. The van der Waals surface area contributed by atoms with Crippen LogP contribution in [0.4, 0.5) is 5.13 Å². The molecule has 2 atom stereocenters. The first-order valence-corrected chi connectivity index (χ1v) is 8.29. The van der Waals surface area contributed by atoms with E-state index in [4.69, 9.17) is 0 Å². The molecule has 1 aliphatic rings. The average Bonchev–Trinajstić information content (AvgIpc) is 2.96. The maximum absolute atomic E-state index is 4.26. The van der Waals surface area contributed by atoms with Gasteiger partial charge < -0.3 is 10.2 Å². The molecule has 18 heavy (non-hydrogen) atoms. The summed E-state index contributed by atoms with van der Waals surface area (Å²) in [5.74, 6) is 0. The van der Waals surface area contributed by atoms with E-state index in [1.807, 2.05) is 30.8 Å². The van der Waals surface area contributed by atoms with Crippen LogP contribution in [0, 0.1) is 0 Å². The fourth-order valence-corrected chi connectivity index (χ4v) is 4.44. The van der Waals surface area contributed by atoms with Crippen LogP contribution in [0.15, 0.2) is 4.34 Å². The molecular weight excluding hydrogens is 264 g/mol. The van der Waals surface area contributed by atoms with E-state index >= 15 is 0 Å². The molecule has 1 saturated carbocycles. The summed E-state index contributed by atoms with van der Waals surface area (Å²) in [6.45, 7) is 3.36. The second-order valence-corrected chi connectivity index (χ2v) is 7.45. The number of hydrogen-bond donors (Lipinski definition) is 1. The first kappa shape index (κ1) is 14.1. The van der Waals surface area contributed by atoms with E-state index in [1.54, 1.807) is 11.3 Å². The molecule has 0 aliphatic heterocycles. The Bertz CT molecular complexity index is 367. The van der Waals surface area contributed by atoms with Gasteiger partial charge in [0.2, 0.25) is 5.13 Å². The lowest BCUT2D eigenvalue weighted by Crippen LogP contribution is -2.27. The quantitative estimate of drug-likeness (QED) is 0.870. The Labute approximate surface area is 118 Å². The van der Waals surface area contributed by atoms with Crippen molar-refractivity contribution in [2.75, 3.05) is 25.5 Å². The molecule has 0 radical (unpaired) electrons. The summed E-state index contributed by atoms with van der Waals surface area (Å²) in [7, 11) is 4.02. The van der Waals surface area contributed by atoms with Crippen molar-refractivity contribution in [3.8, 4) is 0 Å². The maximum Gasteiger partial charge on any atom is 0.208 e. The molecule has 1 heterocycles. The van der Waals surface area contributed by atoms with Gasteiger partial charge >= 0.3 is 0 Å². The first-order valence-electron chi connectivity index (χ1n) is 6.60. The number of rotatable bonds is 6. The van der Waals surface area contributed by atoms with E-state index in [0.717, 1.165) is 16.0 Å². The van der Waals surface area contributed by atoms with E-state index in [9.17, 15) is 0 Å². The van der Waals surface area contributed by atoms with Gasteiger partial charge in [0.15, 0.2) is 4.34 Å². The van der Waals surface area contributed by atoms with Gasteiger partial charge in [-0.2, -0.15) is 0 Å². The minimum absolute atomic E-state index is 0.710. The third-order valence-corrected chi connectivity index (χ3v) is 5.58. The predicted molar refractivity (Wildman–Crippen MR) is 79.8 cm³/mol. The van der Waals surface area contributed by atoms with Gasteiger partial charge in [-0.15, -0.1) is 10.2 Å². The maximum atomic E-state index is 4.26. The number of anilines is 1. The van der Waals surface area contributed by atoms with Crippen LogP contribution in [0.1, 0.15) is 32.6 Å². The first-order chi connectivity index (χ1) is 8.69. The lowest BCUT2D eigenvalue weighted by Gasteiger charge is -2.11. The average molecular weight is 286 g/mol. The fraction of sp³-hybridized carbons (Fsp3) is 0.833. The molecule has 0 aromatic carbocycles. The molecule has 4 nitrogen and oxygen atoms in total. The van der Waals surface area contributed by atoms with Crippen molar-refractivity contribution in [2.24, 2.45) is 0 Å². The molecule has 1 aromatic heterocycles. The van der Waals surface area contributed by atoms with Crippen LogP contribution >= 0.6 is 23.1 Å². The molecular formula is C12H22N4S2. The van der Waals surface area contributed by atoms with Crippen LogP contribution in [0.5, 0.6) is 0 Å². The molecule has 2 unspecified atom stereocenters. The van der Waals surface area contributed by atoms with Crippen molar-refractivity contribution >= 4 is 28.2 Å². The number of hydrogen-bond acceptors (Lipinski definition) is 6. The Hall–Kier alpha value is -0.330. The van der Waals surface area contributed by atoms with Crippen LogP contribution in [0.3, 0.4) is 0 Å². The van der Waals surface area contributed by atoms with E-state index in [-0.39, 0.29) is 0 Å². The zero-order valence-corrected chi connectivity index (χ0v) is 13.0. The normalized spacial score (nSPS) is 23.5. The van der Waals surface area contributed by atoms with Crippen LogP contribution in [-0.4, -0.2) is 42.1 Å². The molecule has 1 aliphatic carbocycles. The molecule has 102 valence electrons.